The van der Waals surface area contributed by atoms with Gasteiger partial charge in [-0.25, -0.2) is 0 Å². The van der Waals surface area contributed by atoms with Crippen molar-refractivity contribution in [2.75, 3.05) is 5.73 Å². The summed E-state index contributed by atoms with van der Waals surface area (Å²) < 4.78 is 5.10. The van der Waals surface area contributed by atoms with Crippen LogP contribution in [0.3, 0.4) is 0 Å². The van der Waals surface area contributed by atoms with Crippen LogP contribution in [-0.2, 0) is 0 Å². The molecule has 4 heteroatoms. The summed E-state index contributed by atoms with van der Waals surface area (Å²) >= 11 is 0. The van der Waals surface area contributed by atoms with Crippen LogP contribution in [0.4, 0.5) is 5.69 Å². The summed E-state index contributed by atoms with van der Waals surface area (Å²) in [5.74, 6) is 0.553. The second kappa shape index (κ2) is 3.46. The first kappa shape index (κ1) is 9.28. The summed E-state index contributed by atoms with van der Waals surface area (Å²) in [5.41, 5.74) is 8.43. The van der Waals surface area contributed by atoms with Crippen molar-refractivity contribution in [3.8, 4) is 17.4 Å². The van der Waals surface area contributed by atoms with Gasteiger partial charge in [0, 0.05) is 5.56 Å². The summed E-state index contributed by atoms with van der Waals surface area (Å²) in [6, 6.07) is 9.05. The minimum Gasteiger partial charge on any atom is -0.394 e. The second-order valence-corrected chi connectivity index (χ2v) is 3.20. The molecule has 0 fully saturated rings. The molecular weight excluding hydrogens is 190 g/mol. The molecule has 1 heterocycles. The molecule has 74 valence electrons. The van der Waals surface area contributed by atoms with Crippen LogP contribution in [0.15, 0.2) is 28.8 Å². The molecule has 0 amide bonds. The molecule has 0 bridgehead atoms. The number of aryl methyl sites for hydroxylation is 1. The van der Waals surface area contributed by atoms with Crippen molar-refractivity contribution >= 4 is 5.69 Å². The number of nitriles is 1. The van der Waals surface area contributed by atoms with Crippen LogP contribution in [0.25, 0.3) is 11.3 Å². The number of nitrogens with zero attached hydrogens (tertiary/aromatic N) is 2. The zero-order valence-corrected chi connectivity index (χ0v) is 8.19. The Morgan fingerprint density at radius 3 is 2.47 bits per heavy atom. The minimum absolute atomic E-state index is 0.541. The summed E-state index contributed by atoms with van der Waals surface area (Å²) in [5, 5.41) is 12.4. The van der Waals surface area contributed by atoms with E-state index in [1.54, 1.807) is 31.2 Å². The normalized spacial score (nSPS) is 9.87. The lowest BCUT2D eigenvalue weighted by atomic mass is 10.1. The molecule has 0 saturated carbocycles. The number of nitrogens with two attached hydrogens (primary N) is 1. The van der Waals surface area contributed by atoms with Gasteiger partial charge < -0.3 is 10.3 Å². The Labute approximate surface area is 86.9 Å². The zero-order chi connectivity index (χ0) is 10.8. The van der Waals surface area contributed by atoms with Gasteiger partial charge in [-0.3, -0.25) is 0 Å². The van der Waals surface area contributed by atoms with Crippen molar-refractivity contribution in [1.82, 2.24) is 5.16 Å². The highest BCUT2D eigenvalue weighted by atomic mass is 16.5. The Balaban J connectivity index is 2.47. The first-order chi connectivity index (χ1) is 7.22. The topological polar surface area (TPSA) is 75.8 Å². The smallest absolute Gasteiger partial charge is 0.189 e. The fourth-order valence-corrected chi connectivity index (χ4v) is 1.28. The van der Waals surface area contributed by atoms with Gasteiger partial charge in [0.05, 0.1) is 11.6 Å². The van der Waals surface area contributed by atoms with Gasteiger partial charge in [0.25, 0.3) is 0 Å². The van der Waals surface area contributed by atoms with Crippen LogP contribution in [0.1, 0.15) is 11.3 Å². The summed E-state index contributed by atoms with van der Waals surface area (Å²) in [7, 11) is 0. The maximum atomic E-state index is 8.65. The third-order valence-electron chi connectivity index (χ3n) is 2.18. The minimum atomic E-state index is 0.541. The third-order valence-corrected chi connectivity index (χ3v) is 2.18. The van der Waals surface area contributed by atoms with Crippen molar-refractivity contribution in [3.63, 3.8) is 0 Å². The Morgan fingerprint density at radius 1 is 1.33 bits per heavy atom. The SMILES string of the molecule is Cc1noc(-c2ccc(C#N)cc2)c1N. The largest absolute Gasteiger partial charge is 0.394 e. The number of hydrogen-bond donors (Lipinski definition) is 1. The summed E-state index contributed by atoms with van der Waals surface area (Å²) in [6.07, 6.45) is 0. The van der Waals surface area contributed by atoms with Crippen LogP contribution in [0.2, 0.25) is 0 Å². The van der Waals surface area contributed by atoms with E-state index < -0.39 is 0 Å². The lowest BCUT2D eigenvalue weighted by Gasteiger charge is -1.96. The number of hydrogen-bond acceptors (Lipinski definition) is 4. The number of rotatable bonds is 1. The monoisotopic (exact) mass is 199 g/mol. The Hall–Kier alpha value is -2.28. The Morgan fingerprint density at radius 2 is 2.00 bits per heavy atom. The number of benzene rings is 1. The molecule has 1 aromatic heterocycles. The predicted molar refractivity (Wildman–Crippen MR) is 55.8 cm³/mol. The average Bonchev–Trinajstić information content (AvgIpc) is 2.60. The fraction of sp³-hybridized carbons (Fsp3) is 0.0909. The van der Waals surface area contributed by atoms with Crippen molar-refractivity contribution < 1.29 is 4.52 Å². The molecule has 0 radical (unpaired) electrons. The average molecular weight is 199 g/mol. The standard InChI is InChI=1S/C11H9N3O/c1-7-10(13)11(15-14-7)9-4-2-8(6-12)3-5-9/h2-5H,13H2,1H3. The van der Waals surface area contributed by atoms with Gasteiger partial charge in [-0.2, -0.15) is 5.26 Å². The van der Waals surface area contributed by atoms with Gasteiger partial charge in [0.2, 0.25) is 0 Å². The van der Waals surface area contributed by atoms with E-state index in [-0.39, 0.29) is 0 Å². The lowest BCUT2D eigenvalue weighted by Crippen LogP contribution is -1.87. The highest BCUT2D eigenvalue weighted by molar-refractivity contribution is 5.72. The van der Waals surface area contributed by atoms with E-state index in [0.29, 0.717) is 22.7 Å². The molecule has 2 aromatic rings. The van der Waals surface area contributed by atoms with Crippen molar-refractivity contribution in [2.24, 2.45) is 0 Å². The molecule has 0 unspecified atom stereocenters. The molecule has 0 aliphatic heterocycles. The van der Waals surface area contributed by atoms with E-state index in [4.69, 9.17) is 15.5 Å². The molecule has 2 N–H and O–H groups in total. The molecular formula is C11H9N3O. The maximum absolute atomic E-state index is 8.65. The predicted octanol–water partition coefficient (Wildman–Crippen LogP) is 2.10. The van der Waals surface area contributed by atoms with Crippen molar-refractivity contribution in [1.29, 1.82) is 5.26 Å². The van der Waals surface area contributed by atoms with Gasteiger partial charge in [-0.15, -0.1) is 0 Å². The highest BCUT2D eigenvalue weighted by Crippen LogP contribution is 2.27. The van der Waals surface area contributed by atoms with Crippen LogP contribution >= 0.6 is 0 Å². The third kappa shape index (κ3) is 1.55. The van der Waals surface area contributed by atoms with E-state index >= 15 is 0 Å². The number of aromatic nitrogens is 1. The van der Waals surface area contributed by atoms with E-state index in [9.17, 15) is 0 Å². The molecule has 0 atom stereocenters. The van der Waals surface area contributed by atoms with Gasteiger partial charge in [-0.05, 0) is 31.2 Å². The molecule has 0 spiro atoms. The summed E-state index contributed by atoms with van der Waals surface area (Å²) in [6.45, 7) is 1.78. The first-order valence-electron chi connectivity index (χ1n) is 4.44. The number of nitrogen functional groups attached to an aromatic ring is 1. The fourth-order valence-electron chi connectivity index (χ4n) is 1.28. The molecule has 0 aliphatic carbocycles. The van der Waals surface area contributed by atoms with Crippen molar-refractivity contribution in [3.05, 3.63) is 35.5 Å². The summed E-state index contributed by atoms with van der Waals surface area (Å²) in [4.78, 5) is 0. The first-order valence-corrected chi connectivity index (χ1v) is 4.44. The molecule has 2 rings (SSSR count). The quantitative estimate of drug-likeness (QED) is 0.763. The van der Waals surface area contributed by atoms with Crippen molar-refractivity contribution in [2.45, 2.75) is 6.92 Å². The molecule has 15 heavy (non-hydrogen) atoms. The number of anilines is 1. The molecule has 1 aromatic carbocycles. The van der Waals surface area contributed by atoms with Gasteiger partial charge in [0.15, 0.2) is 5.76 Å². The van der Waals surface area contributed by atoms with E-state index in [1.165, 1.54) is 0 Å². The van der Waals surface area contributed by atoms with Crippen LogP contribution in [0.5, 0.6) is 0 Å². The second-order valence-electron chi connectivity index (χ2n) is 3.20. The molecule has 0 saturated heterocycles. The highest BCUT2D eigenvalue weighted by Gasteiger charge is 2.11. The zero-order valence-electron chi connectivity index (χ0n) is 8.19. The van der Waals surface area contributed by atoms with Gasteiger partial charge in [-0.1, -0.05) is 5.16 Å². The van der Waals surface area contributed by atoms with E-state index in [2.05, 4.69) is 5.16 Å². The molecule has 0 aliphatic rings. The molecule has 4 nitrogen and oxygen atoms in total. The lowest BCUT2D eigenvalue weighted by molar-refractivity contribution is 0.427. The Bertz CT molecular complexity index is 520. The van der Waals surface area contributed by atoms with Crippen LogP contribution in [0, 0.1) is 18.3 Å². The van der Waals surface area contributed by atoms with Gasteiger partial charge in [0.1, 0.15) is 11.4 Å². The Kier molecular flexibility index (Phi) is 2.14. The van der Waals surface area contributed by atoms with Gasteiger partial charge >= 0.3 is 0 Å². The van der Waals surface area contributed by atoms with Crippen LogP contribution < -0.4 is 5.73 Å². The van der Waals surface area contributed by atoms with Crippen LogP contribution in [-0.4, -0.2) is 5.16 Å². The van der Waals surface area contributed by atoms with E-state index in [1.807, 2.05) is 6.07 Å². The maximum Gasteiger partial charge on any atom is 0.189 e. The van der Waals surface area contributed by atoms with E-state index in [0.717, 1.165) is 5.56 Å².